The van der Waals surface area contributed by atoms with Crippen LogP contribution >= 0.6 is 0 Å². The number of pyridine rings is 1. The molecule has 1 N–H and O–H groups in total. The Kier molecular flexibility index (Phi) is 3.93. The normalized spacial score (nSPS) is 18.3. The van der Waals surface area contributed by atoms with Crippen LogP contribution in [-0.2, 0) is 4.79 Å². The van der Waals surface area contributed by atoms with Gasteiger partial charge in [-0.1, -0.05) is 6.07 Å². The number of carbonyl (C=O) groups excluding carboxylic acids is 1. The second-order valence-electron chi connectivity index (χ2n) is 6.91. The van der Waals surface area contributed by atoms with E-state index < -0.39 is 0 Å². The average molecular weight is 373 g/mol. The van der Waals surface area contributed by atoms with Crippen LogP contribution in [-0.4, -0.2) is 32.6 Å². The maximum atomic E-state index is 12.8. The number of allylic oxidation sites excluding steroid dienone is 2. The van der Waals surface area contributed by atoms with Crippen molar-refractivity contribution in [2.24, 2.45) is 0 Å². The van der Waals surface area contributed by atoms with Crippen LogP contribution in [0.15, 0.2) is 60.1 Å². The van der Waals surface area contributed by atoms with Crippen molar-refractivity contribution < 1.29 is 9.53 Å². The van der Waals surface area contributed by atoms with Gasteiger partial charge < -0.3 is 10.1 Å². The molecule has 0 unspecified atom stereocenters. The molecule has 1 aromatic carbocycles. The van der Waals surface area contributed by atoms with E-state index in [1.54, 1.807) is 24.2 Å². The molecule has 5 rings (SSSR count). The maximum Gasteiger partial charge on any atom is 0.226 e. The van der Waals surface area contributed by atoms with Gasteiger partial charge in [0.2, 0.25) is 5.95 Å². The molecule has 7 heteroatoms. The molecule has 0 radical (unpaired) electrons. The van der Waals surface area contributed by atoms with Gasteiger partial charge in [-0.25, -0.2) is 4.68 Å². The van der Waals surface area contributed by atoms with Crippen LogP contribution in [0.1, 0.15) is 30.9 Å². The lowest BCUT2D eigenvalue weighted by Gasteiger charge is -2.31. The number of rotatable bonds is 3. The standard InChI is InChI=1S/C21H19N5O2/c1-28-15-9-7-13(8-10-15)20-24-21-23-16-5-2-6-17(27)18(16)19(26(21)25-20)14-4-3-11-22-12-14/h3-4,7-12,19H,2,5-6H2,1H3,(H,23,24,25)/t19-/m1/s1. The van der Waals surface area contributed by atoms with E-state index in [1.807, 2.05) is 36.4 Å². The third-order valence-corrected chi connectivity index (χ3v) is 5.22. The molecule has 0 spiro atoms. The highest BCUT2D eigenvalue weighted by molar-refractivity contribution is 5.99. The number of hydrogen-bond donors (Lipinski definition) is 1. The molecule has 0 saturated heterocycles. The number of ketones is 1. The second kappa shape index (κ2) is 6.60. The van der Waals surface area contributed by atoms with E-state index in [1.165, 1.54) is 0 Å². The predicted molar refractivity (Wildman–Crippen MR) is 104 cm³/mol. The molecule has 0 amide bonds. The predicted octanol–water partition coefficient (Wildman–Crippen LogP) is 3.37. The molecule has 0 bridgehead atoms. The first kappa shape index (κ1) is 16.7. The largest absolute Gasteiger partial charge is 0.497 e. The minimum absolute atomic E-state index is 0.162. The number of hydrogen-bond acceptors (Lipinski definition) is 6. The van der Waals surface area contributed by atoms with E-state index in [2.05, 4.69) is 10.3 Å². The van der Waals surface area contributed by atoms with E-state index in [9.17, 15) is 4.79 Å². The van der Waals surface area contributed by atoms with Gasteiger partial charge >= 0.3 is 0 Å². The van der Waals surface area contributed by atoms with Gasteiger partial charge in [-0.15, -0.1) is 5.10 Å². The number of ether oxygens (including phenoxy) is 1. The number of Topliss-reactive ketones (excluding diaryl/α,β-unsaturated/α-hetero) is 1. The summed E-state index contributed by atoms with van der Waals surface area (Å²) in [5.74, 6) is 2.19. The molecule has 2 aromatic heterocycles. The van der Waals surface area contributed by atoms with Crippen molar-refractivity contribution >= 4 is 11.7 Å². The number of carbonyl (C=O) groups is 1. The van der Waals surface area contributed by atoms with Crippen LogP contribution in [0, 0.1) is 0 Å². The fourth-order valence-corrected chi connectivity index (χ4v) is 3.86. The number of aromatic nitrogens is 4. The summed E-state index contributed by atoms with van der Waals surface area (Å²) in [7, 11) is 1.64. The highest BCUT2D eigenvalue weighted by Gasteiger charge is 2.36. The summed E-state index contributed by atoms with van der Waals surface area (Å²) in [4.78, 5) is 21.7. The van der Waals surface area contributed by atoms with E-state index in [4.69, 9.17) is 14.8 Å². The third-order valence-electron chi connectivity index (χ3n) is 5.22. The lowest BCUT2D eigenvalue weighted by Crippen LogP contribution is -2.31. The van der Waals surface area contributed by atoms with Gasteiger partial charge in [-0.2, -0.15) is 4.98 Å². The summed E-state index contributed by atoms with van der Waals surface area (Å²) in [5.41, 5.74) is 3.54. The zero-order valence-electron chi connectivity index (χ0n) is 15.4. The van der Waals surface area contributed by atoms with Gasteiger partial charge in [0.15, 0.2) is 11.6 Å². The minimum atomic E-state index is -0.313. The molecule has 3 heterocycles. The summed E-state index contributed by atoms with van der Waals surface area (Å²) in [6.45, 7) is 0. The van der Waals surface area contributed by atoms with Crippen molar-refractivity contribution in [1.82, 2.24) is 19.7 Å². The minimum Gasteiger partial charge on any atom is -0.497 e. The van der Waals surface area contributed by atoms with Gasteiger partial charge in [0.25, 0.3) is 0 Å². The van der Waals surface area contributed by atoms with E-state index in [0.29, 0.717) is 18.2 Å². The maximum absolute atomic E-state index is 12.8. The molecule has 7 nitrogen and oxygen atoms in total. The van der Waals surface area contributed by atoms with Gasteiger partial charge in [-0.05, 0) is 48.7 Å². The van der Waals surface area contributed by atoms with Crippen molar-refractivity contribution in [3.05, 3.63) is 65.6 Å². The first-order valence-electron chi connectivity index (χ1n) is 9.29. The number of benzene rings is 1. The summed E-state index contributed by atoms with van der Waals surface area (Å²) in [5, 5.41) is 8.09. The monoisotopic (exact) mass is 373 g/mol. The Morgan fingerprint density at radius 2 is 2.04 bits per heavy atom. The van der Waals surface area contributed by atoms with Crippen molar-refractivity contribution in [1.29, 1.82) is 0 Å². The fraction of sp³-hybridized carbons (Fsp3) is 0.238. The Balaban J connectivity index is 1.63. The van der Waals surface area contributed by atoms with Crippen LogP contribution in [0.4, 0.5) is 5.95 Å². The van der Waals surface area contributed by atoms with E-state index in [0.717, 1.165) is 41.0 Å². The number of fused-ring (bicyclic) bond motifs is 1. The summed E-state index contributed by atoms with van der Waals surface area (Å²) in [6, 6.07) is 11.2. The molecule has 0 saturated carbocycles. The van der Waals surface area contributed by atoms with Crippen LogP contribution in [0.2, 0.25) is 0 Å². The number of nitrogens with zero attached hydrogens (tertiary/aromatic N) is 4. The van der Waals surface area contributed by atoms with Crippen molar-refractivity contribution in [2.45, 2.75) is 25.3 Å². The van der Waals surface area contributed by atoms with Gasteiger partial charge in [0.05, 0.1) is 7.11 Å². The van der Waals surface area contributed by atoms with Crippen LogP contribution < -0.4 is 10.1 Å². The summed E-state index contributed by atoms with van der Waals surface area (Å²) >= 11 is 0. The smallest absolute Gasteiger partial charge is 0.226 e. The zero-order chi connectivity index (χ0) is 19.1. The topological polar surface area (TPSA) is 81.9 Å². The first-order valence-corrected chi connectivity index (χ1v) is 9.29. The molecule has 140 valence electrons. The molecule has 0 fully saturated rings. The fourth-order valence-electron chi connectivity index (χ4n) is 3.86. The van der Waals surface area contributed by atoms with E-state index >= 15 is 0 Å². The Morgan fingerprint density at radius 1 is 1.18 bits per heavy atom. The molecule has 1 atom stereocenters. The third kappa shape index (κ3) is 2.67. The van der Waals surface area contributed by atoms with Gasteiger partial charge in [-0.3, -0.25) is 9.78 Å². The Hall–Kier alpha value is -3.48. The van der Waals surface area contributed by atoms with E-state index in [-0.39, 0.29) is 11.8 Å². The lowest BCUT2D eigenvalue weighted by atomic mass is 9.86. The number of methoxy groups -OCH3 is 1. The SMILES string of the molecule is COc1ccc(-c2nc3n(n2)[C@H](c2cccnc2)C2=C(CCCC2=O)N3)cc1. The van der Waals surface area contributed by atoms with Gasteiger partial charge in [0, 0.05) is 35.6 Å². The number of anilines is 1. The molecule has 28 heavy (non-hydrogen) atoms. The van der Waals surface area contributed by atoms with Crippen molar-refractivity contribution in [2.75, 3.05) is 12.4 Å². The molecule has 1 aliphatic carbocycles. The summed E-state index contributed by atoms with van der Waals surface area (Å²) < 4.78 is 7.03. The van der Waals surface area contributed by atoms with Crippen LogP contribution in [0.5, 0.6) is 5.75 Å². The lowest BCUT2D eigenvalue weighted by molar-refractivity contribution is -0.116. The van der Waals surface area contributed by atoms with Crippen molar-refractivity contribution in [3.8, 4) is 17.1 Å². The Morgan fingerprint density at radius 3 is 2.79 bits per heavy atom. The molecular weight excluding hydrogens is 354 g/mol. The highest BCUT2D eigenvalue weighted by atomic mass is 16.5. The first-order chi connectivity index (χ1) is 13.7. The molecule has 2 aliphatic rings. The molecular formula is C21H19N5O2. The van der Waals surface area contributed by atoms with Gasteiger partial charge in [0.1, 0.15) is 11.8 Å². The Labute approximate surface area is 162 Å². The van der Waals surface area contributed by atoms with Crippen LogP contribution in [0.3, 0.4) is 0 Å². The summed E-state index contributed by atoms with van der Waals surface area (Å²) in [6.07, 6.45) is 5.77. The highest BCUT2D eigenvalue weighted by Crippen LogP contribution is 2.40. The second-order valence-corrected chi connectivity index (χ2v) is 6.91. The van der Waals surface area contributed by atoms with Crippen LogP contribution in [0.25, 0.3) is 11.4 Å². The Bertz CT molecular complexity index is 1070. The molecule has 3 aromatic rings. The quantitative estimate of drug-likeness (QED) is 0.758. The molecule has 1 aliphatic heterocycles. The zero-order valence-corrected chi connectivity index (χ0v) is 15.4. The van der Waals surface area contributed by atoms with Crippen molar-refractivity contribution in [3.63, 3.8) is 0 Å². The average Bonchev–Trinajstić information content (AvgIpc) is 3.17. The number of nitrogens with one attached hydrogen (secondary N) is 1.